The van der Waals surface area contributed by atoms with Gasteiger partial charge in [-0.05, 0) is 43.0 Å². The molecule has 0 heterocycles. The van der Waals surface area contributed by atoms with Crippen LogP contribution in [0.1, 0.15) is 32.1 Å². The first-order valence-corrected chi connectivity index (χ1v) is 7.46. The monoisotopic (exact) mass is 295 g/mol. The summed E-state index contributed by atoms with van der Waals surface area (Å²) in [6, 6.07) is 5.59. The first-order valence-electron chi connectivity index (χ1n) is 7.46. The zero-order chi connectivity index (χ0) is 15.1. The third-order valence-corrected chi connectivity index (χ3v) is 3.74. The summed E-state index contributed by atoms with van der Waals surface area (Å²) >= 11 is 0. The molecule has 1 fully saturated rings. The van der Waals surface area contributed by atoms with Crippen molar-refractivity contribution in [2.75, 3.05) is 13.2 Å². The molecule has 1 aromatic carbocycles. The van der Waals surface area contributed by atoms with Crippen LogP contribution in [0.15, 0.2) is 24.3 Å². The van der Waals surface area contributed by atoms with Gasteiger partial charge in [0.05, 0.1) is 0 Å². The molecule has 116 valence electrons. The highest BCUT2D eigenvalue weighted by Crippen LogP contribution is 2.27. The first kappa shape index (κ1) is 15.8. The lowest BCUT2D eigenvalue weighted by Gasteiger charge is -2.14. The molecule has 1 atom stereocenters. The van der Waals surface area contributed by atoms with E-state index in [0.717, 1.165) is 12.8 Å². The number of aliphatic hydroxyl groups excluding tert-OH is 1. The second kappa shape index (κ2) is 7.98. The van der Waals surface area contributed by atoms with Crippen LogP contribution >= 0.6 is 0 Å². The molecule has 1 aliphatic rings. The van der Waals surface area contributed by atoms with Crippen LogP contribution in [0.4, 0.5) is 4.39 Å². The van der Waals surface area contributed by atoms with Crippen LogP contribution < -0.4 is 10.1 Å². The summed E-state index contributed by atoms with van der Waals surface area (Å²) in [6.45, 7) is 0.238. The Kier molecular flexibility index (Phi) is 5.99. The number of ether oxygens (including phenoxy) is 1. The van der Waals surface area contributed by atoms with E-state index in [4.69, 9.17) is 4.74 Å². The van der Waals surface area contributed by atoms with E-state index in [0.29, 0.717) is 18.1 Å². The van der Waals surface area contributed by atoms with Crippen LogP contribution in [-0.2, 0) is 4.79 Å². The second-order valence-corrected chi connectivity index (χ2v) is 5.58. The van der Waals surface area contributed by atoms with Gasteiger partial charge in [-0.3, -0.25) is 4.79 Å². The predicted molar refractivity (Wildman–Crippen MR) is 77.5 cm³/mol. The highest BCUT2D eigenvalue weighted by molar-refractivity contribution is 5.76. The number of benzene rings is 1. The third kappa shape index (κ3) is 5.71. The molecule has 1 saturated carbocycles. The Balaban J connectivity index is 1.61. The third-order valence-electron chi connectivity index (χ3n) is 3.74. The molecule has 0 aromatic heterocycles. The number of halogens is 1. The first-order chi connectivity index (χ1) is 10.1. The van der Waals surface area contributed by atoms with Crippen molar-refractivity contribution < 1.29 is 19.0 Å². The quantitative estimate of drug-likeness (QED) is 0.811. The second-order valence-electron chi connectivity index (χ2n) is 5.58. The fourth-order valence-electron chi connectivity index (χ4n) is 2.56. The maximum atomic E-state index is 12.7. The van der Waals surface area contributed by atoms with Gasteiger partial charge in [0, 0.05) is 13.0 Å². The molecule has 1 aromatic rings. The van der Waals surface area contributed by atoms with Gasteiger partial charge in [0.25, 0.3) is 0 Å². The molecule has 5 heteroatoms. The predicted octanol–water partition coefficient (Wildman–Crippen LogP) is 2.26. The Hall–Kier alpha value is -1.62. The van der Waals surface area contributed by atoms with E-state index in [1.54, 1.807) is 0 Å². The van der Waals surface area contributed by atoms with Gasteiger partial charge in [-0.15, -0.1) is 0 Å². The van der Waals surface area contributed by atoms with E-state index in [1.165, 1.54) is 37.1 Å². The number of rotatable bonds is 7. The van der Waals surface area contributed by atoms with Crippen LogP contribution in [0.2, 0.25) is 0 Å². The Morgan fingerprint density at radius 2 is 2.00 bits per heavy atom. The van der Waals surface area contributed by atoms with Crippen LogP contribution in [0, 0.1) is 11.7 Å². The van der Waals surface area contributed by atoms with Crippen molar-refractivity contribution >= 4 is 5.91 Å². The standard InChI is InChI=1S/C16H22FNO3/c17-13-5-7-15(8-6-13)21-11-14(19)10-18-16(20)9-12-3-1-2-4-12/h5-8,12,14,19H,1-4,9-11H2,(H,18,20). The molecule has 2 N–H and O–H groups in total. The van der Waals surface area contributed by atoms with Crippen molar-refractivity contribution in [2.24, 2.45) is 5.92 Å². The molecule has 21 heavy (non-hydrogen) atoms. The molecule has 0 spiro atoms. The maximum Gasteiger partial charge on any atom is 0.220 e. The normalized spacial score (nSPS) is 16.7. The highest BCUT2D eigenvalue weighted by atomic mass is 19.1. The molecule has 1 unspecified atom stereocenters. The number of amides is 1. The largest absolute Gasteiger partial charge is 0.491 e. The number of aliphatic hydroxyl groups is 1. The molecule has 0 bridgehead atoms. The minimum atomic E-state index is -0.775. The fraction of sp³-hybridized carbons (Fsp3) is 0.562. The average molecular weight is 295 g/mol. The zero-order valence-electron chi connectivity index (χ0n) is 12.1. The van der Waals surface area contributed by atoms with Crippen LogP contribution in [0.25, 0.3) is 0 Å². The SMILES string of the molecule is O=C(CC1CCCC1)NCC(O)COc1ccc(F)cc1. The van der Waals surface area contributed by atoms with Gasteiger partial charge in [-0.2, -0.15) is 0 Å². The van der Waals surface area contributed by atoms with E-state index >= 15 is 0 Å². The minimum absolute atomic E-state index is 0.0114. The molecule has 2 rings (SSSR count). The van der Waals surface area contributed by atoms with Gasteiger partial charge in [-0.25, -0.2) is 4.39 Å². The molecule has 1 amide bonds. The van der Waals surface area contributed by atoms with Crippen LogP contribution in [-0.4, -0.2) is 30.3 Å². The van der Waals surface area contributed by atoms with Crippen molar-refractivity contribution in [3.63, 3.8) is 0 Å². The molecule has 1 aliphatic carbocycles. The number of carbonyl (C=O) groups excluding carboxylic acids is 1. The van der Waals surface area contributed by atoms with E-state index in [-0.39, 0.29) is 24.9 Å². The van der Waals surface area contributed by atoms with Crippen molar-refractivity contribution in [1.29, 1.82) is 0 Å². The molecule has 0 radical (unpaired) electrons. The van der Waals surface area contributed by atoms with Gasteiger partial charge in [0.2, 0.25) is 5.91 Å². The van der Waals surface area contributed by atoms with E-state index in [2.05, 4.69) is 5.32 Å². The van der Waals surface area contributed by atoms with Crippen LogP contribution in [0.3, 0.4) is 0 Å². The fourth-order valence-corrected chi connectivity index (χ4v) is 2.56. The van der Waals surface area contributed by atoms with Crippen molar-refractivity contribution in [1.82, 2.24) is 5.32 Å². The van der Waals surface area contributed by atoms with Crippen LogP contribution in [0.5, 0.6) is 5.75 Å². The van der Waals surface area contributed by atoms with Crippen molar-refractivity contribution in [2.45, 2.75) is 38.2 Å². The smallest absolute Gasteiger partial charge is 0.220 e. The zero-order valence-corrected chi connectivity index (χ0v) is 12.1. The van der Waals surface area contributed by atoms with Gasteiger partial charge in [0.15, 0.2) is 0 Å². The van der Waals surface area contributed by atoms with E-state index < -0.39 is 6.10 Å². The molecule has 0 aliphatic heterocycles. The topological polar surface area (TPSA) is 58.6 Å². The molecular weight excluding hydrogens is 273 g/mol. The number of hydrogen-bond donors (Lipinski definition) is 2. The van der Waals surface area contributed by atoms with Gasteiger partial charge in [-0.1, -0.05) is 12.8 Å². The van der Waals surface area contributed by atoms with Crippen molar-refractivity contribution in [3.05, 3.63) is 30.1 Å². The lowest BCUT2D eigenvalue weighted by molar-refractivity contribution is -0.122. The minimum Gasteiger partial charge on any atom is -0.491 e. The number of carbonyl (C=O) groups is 1. The Bertz CT molecular complexity index is 443. The maximum absolute atomic E-state index is 12.7. The van der Waals surface area contributed by atoms with Crippen molar-refractivity contribution in [3.8, 4) is 5.75 Å². The Morgan fingerprint density at radius 3 is 2.67 bits per heavy atom. The Labute approximate surface area is 124 Å². The summed E-state index contributed by atoms with van der Waals surface area (Å²) in [5, 5.41) is 12.5. The summed E-state index contributed by atoms with van der Waals surface area (Å²) in [7, 11) is 0. The van der Waals surface area contributed by atoms with Gasteiger partial charge >= 0.3 is 0 Å². The summed E-state index contributed by atoms with van der Waals surface area (Å²) in [4.78, 5) is 11.7. The number of nitrogens with one attached hydrogen (secondary N) is 1. The average Bonchev–Trinajstić information content (AvgIpc) is 2.97. The van der Waals surface area contributed by atoms with Gasteiger partial charge in [0.1, 0.15) is 24.3 Å². The number of hydrogen-bond acceptors (Lipinski definition) is 3. The summed E-state index contributed by atoms with van der Waals surface area (Å²) < 4.78 is 18.0. The van der Waals surface area contributed by atoms with Gasteiger partial charge < -0.3 is 15.2 Å². The lowest BCUT2D eigenvalue weighted by atomic mass is 10.0. The summed E-state index contributed by atoms with van der Waals surface area (Å²) in [6.07, 6.45) is 4.46. The lowest BCUT2D eigenvalue weighted by Crippen LogP contribution is -2.35. The molecule has 0 saturated heterocycles. The highest BCUT2D eigenvalue weighted by Gasteiger charge is 2.18. The summed E-state index contributed by atoms with van der Waals surface area (Å²) in [5.74, 6) is 0.648. The van der Waals surface area contributed by atoms with E-state index in [9.17, 15) is 14.3 Å². The molecule has 4 nitrogen and oxygen atoms in total. The van der Waals surface area contributed by atoms with E-state index in [1.807, 2.05) is 0 Å². The molecular formula is C16H22FNO3. The Morgan fingerprint density at radius 1 is 1.33 bits per heavy atom. The summed E-state index contributed by atoms with van der Waals surface area (Å²) in [5.41, 5.74) is 0.